The number of nitrogens with one attached hydrogen (secondary N) is 1. The summed E-state index contributed by atoms with van der Waals surface area (Å²) in [7, 11) is 3.83. The monoisotopic (exact) mass is 257 g/mol. The summed E-state index contributed by atoms with van der Waals surface area (Å²) in [4.78, 5) is 26.0. The topological polar surface area (TPSA) is 72.9 Å². The molecule has 1 rings (SSSR count). The van der Waals surface area contributed by atoms with Crippen LogP contribution in [-0.2, 0) is 4.79 Å². The summed E-state index contributed by atoms with van der Waals surface area (Å²) in [6, 6.07) is 0.212. The zero-order valence-corrected chi connectivity index (χ0v) is 11.2. The van der Waals surface area contributed by atoms with Gasteiger partial charge >= 0.3 is 12.0 Å². The molecule has 0 aromatic heterocycles. The Labute approximate surface area is 108 Å². The molecule has 6 heteroatoms. The summed E-state index contributed by atoms with van der Waals surface area (Å²) >= 11 is 0. The highest BCUT2D eigenvalue weighted by atomic mass is 16.4. The van der Waals surface area contributed by atoms with Crippen LogP contribution >= 0.6 is 0 Å². The van der Waals surface area contributed by atoms with E-state index >= 15 is 0 Å². The molecule has 1 unspecified atom stereocenters. The predicted octanol–water partition coefficient (Wildman–Crippen LogP) is 0.587. The molecular weight excluding hydrogens is 234 g/mol. The van der Waals surface area contributed by atoms with E-state index in [9.17, 15) is 9.59 Å². The molecule has 1 heterocycles. The van der Waals surface area contributed by atoms with E-state index in [0.717, 1.165) is 13.0 Å². The number of carbonyl (C=O) groups is 2. The van der Waals surface area contributed by atoms with Gasteiger partial charge in [-0.25, -0.2) is 4.79 Å². The number of amides is 2. The first-order chi connectivity index (χ1) is 8.50. The van der Waals surface area contributed by atoms with Gasteiger partial charge in [-0.15, -0.1) is 0 Å². The number of urea groups is 1. The van der Waals surface area contributed by atoms with Crippen molar-refractivity contribution in [3.8, 4) is 0 Å². The molecule has 0 aromatic rings. The largest absolute Gasteiger partial charge is 0.481 e. The van der Waals surface area contributed by atoms with Gasteiger partial charge in [-0.3, -0.25) is 4.79 Å². The third-order valence-corrected chi connectivity index (χ3v) is 3.37. The van der Waals surface area contributed by atoms with Crippen LogP contribution in [0.3, 0.4) is 0 Å². The molecule has 104 valence electrons. The molecule has 1 fully saturated rings. The number of carboxylic acid groups (broad SMARTS) is 1. The number of hydrogen-bond donors (Lipinski definition) is 2. The van der Waals surface area contributed by atoms with Crippen LogP contribution in [0, 0.1) is 0 Å². The number of carboxylic acids is 1. The highest BCUT2D eigenvalue weighted by molar-refractivity contribution is 5.75. The first kappa shape index (κ1) is 14.8. The molecular formula is C12H23N3O3. The van der Waals surface area contributed by atoms with Gasteiger partial charge in [0.25, 0.3) is 0 Å². The van der Waals surface area contributed by atoms with Crippen LogP contribution in [0.15, 0.2) is 0 Å². The van der Waals surface area contributed by atoms with Gasteiger partial charge in [-0.05, 0) is 26.4 Å². The van der Waals surface area contributed by atoms with Crippen LogP contribution in [-0.4, -0.2) is 66.7 Å². The van der Waals surface area contributed by atoms with Gasteiger partial charge in [-0.1, -0.05) is 6.42 Å². The van der Waals surface area contributed by atoms with Crippen molar-refractivity contribution in [2.24, 2.45) is 0 Å². The molecule has 1 aliphatic heterocycles. The lowest BCUT2D eigenvalue weighted by Gasteiger charge is -2.35. The highest BCUT2D eigenvalue weighted by Crippen LogP contribution is 2.15. The molecule has 0 saturated carbocycles. The van der Waals surface area contributed by atoms with Crippen LogP contribution < -0.4 is 5.32 Å². The van der Waals surface area contributed by atoms with Crippen molar-refractivity contribution in [2.45, 2.75) is 31.7 Å². The van der Waals surface area contributed by atoms with Crippen LogP contribution in [0.25, 0.3) is 0 Å². The molecule has 0 spiro atoms. The average Bonchev–Trinajstić information content (AvgIpc) is 2.31. The number of hydrogen-bond acceptors (Lipinski definition) is 3. The van der Waals surface area contributed by atoms with Gasteiger partial charge in [0.15, 0.2) is 0 Å². The molecule has 0 bridgehead atoms. The van der Waals surface area contributed by atoms with Crippen LogP contribution in [0.5, 0.6) is 0 Å². The fourth-order valence-corrected chi connectivity index (χ4v) is 2.19. The third-order valence-electron chi connectivity index (χ3n) is 3.37. The first-order valence-corrected chi connectivity index (χ1v) is 6.41. The second-order valence-corrected chi connectivity index (χ2v) is 4.89. The van der Waals surface area contributed by atoms with E-state index < -0.39 is 5.97 Å². The van der Waals surface area contributed by atoms with E-state index in [1.165, 1.54) is 12.8 Å². The smallest absolute Gasteiger partial charge is 0.317 e. The van der Waals surface area contributed by atoms with Crippen molar-refractivity contribution in [1.29, 1.82) is 0 Å². The standard InChI is InChI=1S/C12H23N3O3/c1-14-8-4-3-5-10(14)9-15(2)12(18)13-7-6-11(16)17/h10H,3-9H2,1-2H3,(H,13,18)(H,16,17). The Morgan fingerprint density at radius 3 is 2.78 bits per heavy atom. The van der Waals surface area contributed by atoms with E-state index in [1.54, 1.807) is 11.9 Å². The third kappa shape index (κ3) is 4.91. The molecule has 1 saturated heterocycles. The second-order valence-electron chi connectivity index (χ2n) is 4.89. The predicted molar refractivity (Wildman–Crippen MR) is 68.6 cm³/mol. The normalized spacial score (nSPS) is 20.4. The van der Waals surface area contributed by atoms with Crippen molar-refractivity contribution in [3.05, 3.63) is 0 Å². The minimum atomic E-state index is -0.898. The van der Waals surface area contributed by atoms with Crippen LogP contribution in [0.1, 0.15) is 25.7 Å². The van der Waals surface area contributed by atoms with E-state index in [1.807, 2.05) is 0 Å². The Hall–Kier alpha value is -1.30. The summed E-state index contributed by atoms with van der Waals surface area (Å²) in [5, 5.41) is 11.1. The minimum absolute atomic E-state index is 0.0388. The maximum absolute atomic E-state index is 11.7. The molecule has 1 aliphatic rings. The lowest BCUT2D eigenvalue weighted by molar-refractivity contribution is -0.136. The first-order valence-electron chi connectivity index (χ1n) is 6.41. The molecule has 0 radical (unpaired) electrons. The van der Waals surface area contributed by atoms with E-state index in [-0.39, 0.29) is 19.0 Å². The molecule has 0 aliphatic carbocycles. The Morgan fingerprint density at radius 2 is 2.17 bits per heavy atom. The molecule has 2 amide bonds. The molecule has 18 heavy (non-hydrogen) atoms. The fourth-order valence-electron chi connectivity index (χ4n) is 2.19. The Bertz CT molecular complexity index is 296. The summed E-state index contributed by atoms with van der Waals surface area (Å²) in [5.41, 5.74) is 0. The number of nitrogens with zero attached hydrogens (tertiary/aromatic N) is 2. The van der Waals surface area contributed by atoms with Crippen molar-refractivity contribution in [2.75, 3.05) is 33.7 Å². The Kier molecular flexibility index (Phi) is 5.91. The number of likely N-dealkylation sites (N-methyl/N-ethyl adjacent to an activating group) is 2. The van der Waals surface area contributed by atoms with Gasteiger partial charge in [0.2, 0.25) is 0 Å². The average molecular weight is 257 g/mol. The molecule has 1 atom stereocenters. The number of piperidine rings is 1. The summed E-state index contributed by atoms with van der Waals surface area (Å²) in [6.45, 7) is 1.95. The summed E-state index contributed by atoms with van der Waals surface area (Å²) in [6.07, 6.45) is 3.51. The van der Waals surface area contributed by atoms with Crippen LogP contribution in [0.4, 0.5) is 4.79 Å². The number of aliphatic carboxylic acids is 1. The summed E-state index contributed by atoms with van der Waals surface area (Å²) < 4.78 is 0. The molecule has 6 nitrogen and oxygen atoms in total. The SMILES string of the molecule is CN(CC1CCCCN1C)C(=O)NCCC(=O)O. The zero-order chi connectivity index (χ0) is 13.5. The van der Waals surface area contributed by atoms with Gasteiger partial charge in [0, 0.05) is 26.2 Å². The van der Waals surface area contributed by atoms with Crippen molar-refractivity contribution in [3.63, 3.8) is 0 Å². The highest BCUT2D eigenvalue weighted by Gasteiger charge is 2.22. The minimum Gasteiger partial charge on any atom is -0.481 e. The number of rotatable bonds is 5. The van der Waals surface area contributed by atoms with Crippen molar-refractivity contribution < 1.29 is 14.7 Å². The lowest BCUT2D eigenvalue weighted by Crippen LogP contribution is -2.48. The summed E-state index contributed by atoms with van der Waals surface area (Å²) in [5.74, 6) is -0.898. The maximum atomic E-state index is 11.7. The number of carbonyl (C=O) groups excluding carboxylic acids is 1. The Morgan fingerprint density at radius 1 is 1.44 bits per heavy atom. The lowest BCUT2D eigenvalue weighted by atomic mass is 10.0. The van der Waals surface area contributed by atoms with Crippen molar-refractivity contribution >= 4 is 12.0 Å². The molecule has 0 aromatic carbocycles. The van der Waals surface area contributed by atoms with E-state index in [2.05, 4.69) is 17.3 Å². The van der Waals surface area contributed by atoms with Crippen LogP contribution in [0.2, 0.25) is 0 Å². The van der Waals surface area contributed by atoms with Gasteiger partial charge in [0.05, 0.1) is 6.42 Å². The van der Waals surface area contributed by atoms with Gasteiger partial charge < -0.3 is 20.2 Å². The van der Waals surface area contributed by atoms with E-state index in [4.69, 9.17) is 5.11 Å². The zero-order valence-electron chi connectivity index (χ0n) is 11.2. The quantitative estimate of drug-likeness (QED) is 0.756. The Balaban J connectivity index is 2.27. The second kappa shape index (κ2) is 7.20. The van der Waals surface area contributed by atoms with Gasteiger partial charge in [-0.2, -0.15) is 0 Å². The van der Waals surface area contributed by atoms with Gasteiger partial charge in [0.1, 0.15) is 0 Å². The number of likely N-dealkylation sites (tertiary alicyclic amines) is 1. The van der Waals surface area contributed by atoms with E-state index in [0.29, 0.717) is 12.6 Å². The fraction of sp³-hybridized carbons (Fsp3) is 0.833. The van der Waals surface area contributed by atoms with Crippen molar-refractivity contribution in [1.82, 2.24) is 15.1 Å². The molecule has 2 N–H and O–H groups in total. The maximum Gasteiger partial charge on any atom is 0.317 e.